The Bertz CT molecular complexity index is 320. The molecular formula is C11H17N3. The SMILES string of the molecule is C=C(C)CCN(N)c1ccccc1N. The standard InChI is InChI=1S/C11H17N3/c1-9(2)7-8-14(13)11-6-4-3-5-10(11)12/h3-6H,1,7-8,12-13H2,2H3. The van der Waals surface area contributed by atoms with E-state index in [0.29, 0.717) is 5.69 Å². The fourth-order valence-electron chi connectivity index (χ4n) is 1.18. The average molecular weight is 191 g/mol. The lowest BCUT2D eigenvalue weighted by Crippen LogP contribution is -2.32. The van der Waals surface area contributed by atoms with E-state index in [1.165, 1.54) is 0 Å². The molecule has 0 aliphatic heterocycles. The number of hydrogen-bond donors (Lipinski definition) is 2. The van der Waals surface area contributed by atoms with Crippen molar-refractivity contribution in [1.29, 1.82) is 0 Å². The van der Waals surface area contributed by atoms with Gasteiger partial charge < -0.3 is 10.7 Å². The zero-order chi connectivity index (χ0) is 10.6. The van der Waals surface area contributed by atoms with Crippen LogP contribution < -0.4 is 16.6 Å². The molecule has 0 fully saturated rings. The van der Waals surface area contributed by atoms with Gasteiger partial charge in [0.1, 0.15) is 0 Å². The zero-order valence-electron chi connectivity index (χ0n) is 8.53. The Hall–Kier alpha value is -1.48. The predicted octanol–water partition coefficient (Wildman–Crippen LogP) is 1.92. The van der Waals surface area contributed by atoms with E-state index >= 15 is 0 Å². The first kappa shape index (κ1) is 10.6. The molecule has 0 atom stereocenters. The highest BCUT2D eigenvalue weighted by molar-refractivity contribution is 5.66. The summed E-state index contributed by atoms with van der Waals surface area (Å²) in [7, 11) is 0. The highest BCUT2D eigenvalue weighted by atomic mass is 15.4. The van der Waals surface area contributed by atoms with Gasteiger partial charge in [0.05, 0.1) is 11.4 Å². The first-order valence-corrected chi connectivity index (χ1v) is 4.62. The minimum Gasteiger partial charge on any atom is -0.397 e. The maximum absolute atomic E-state index is 5.86. The summed E-state index contributed by atoms with van der Waals surface area (Å²) >= 11 is 0. The molecule has 3 heteroatoms. The summed E-state index contributed by atoms with van der Waals surface area (Å²) in [5, 5.41) is 1.66. The molecule has 1 rings (SSSR count). The monoisotopic (exact) mass is 191 g/mol. The topological polar surface area (TPSA) is 55.3 Å². The molecule has 0 heterocycles. The van der Waals surface area contributed by atoms with Crippen molar-refractivity contribution in [3.63, 3.8) is 0 Å². The fourth-order valence-corrected chi connectivity index (χ4v) is 1.18. The van der Waals surface area contributed by atoms with Crippen molar-refractivity contribution in [2.75, 3.05) is 17.3 Å². The summed E-state index contributed by atoms with van der Waals surface area (Å²) in [5.74, 6) is 5.86. The molecule has 0 saturated carbocycles. The summed E-state index contributed by atoms with van der Waals surface area (Å²) in [6.45, 7) is 6.56. The molecule has 0 saturated heterocycles. The van der Waals surface area contributed by atoms with Crippen molar-refractivity contribution in [1.82, 2.24) is 0 Å². The first-order chi connectivity index (χ1) is 6.61. The van der Waals surface area contributed by atoms with Crippen LogP contribution in [0.4, 0.5) is 11.4 Å². The molecule has 76 valence electrons. The second-order valence-corrected chi connectivity index (χ2v) is 3.46. The summed E-state index contributed by atoms with van der Waals surface area (Å²) in [4.78, 5) is 0. The van der Waals surface area contributed by atoms with Gasteiger partial charge in [-0.25, -0.2) is 5.84 Å². The van der Waals surface area contributed by atoms with Crippen LogP contribution in [0.2, 0.25) is 0 Å². The number of para-hydroxylation sites is 2. The quantitative estimate of drug-likeness (QED) is 0.331. The number of nitrogens with two attached hydrogens (primary N) is 2. The molecule has 1 aromatic carbocycles. The van der Waals surface area contributed by atoms with E-state index in [1.807, 2.05) is 31.2 Å². The molecule has 1 aromatic rings. The van der Waals surface area contributed by atoms with Crippen LogP contribution in [0, 0.1) is 0 Å². The summed E-state index contributed by atoms with van der Waals surface area (Å²) in [6, 6.07) is 7.57. The van der Waals surface area contributed by atoms with E-state index < -0.39 is 0 Å². The minimum absolute atomic E-state index is 0.705. The summed E-state index contributed by atoms with van der Waals surface area (Å²) < 4.78 is 0. The number of nitrogen functional groups attached to an aromatic ring is 1. The minimum atomic E-state index is 0.705. The second kappa shape index (κ2) is 4.67. The fraction of sp³-hybridized carbons (Fsp3) is 0.273. The highest BCUT2D eigenvalue weighted by Crippen LogP contribution is 2.20. The molecular weight excluding hydrogens is 174 g/mol. The Labute approximate surface area is 85.0 Å². The van der Waals surface area contributed by atoms with Gasteiger partial charge in [0.25, 0.3) is 0 Å². The van der Waals surface area contributed by atoms with Gasteiger partial charge in [0.15, 0.2) is 0 Å². The normalized spacial score (nSPS) is 9.86. The van der Waals surface area contributed by atoms with Crippen LogP contribution in [0.25, 0.3) is 0 Å². The lowest BCUT2D eigenvalue weighted by atomic mass is 10.2. The summed E-state index contributed by atoms with van der Waals surface area (Å²) in [5.41, 5.74) is 8.48. The molecule has 0 spiro atoms. The van der Waals surface area contributed by atoms with Gasteiger partial charge in [0, 0.05) is 6.54 Å². The van der Waals surface area contributed by atoms with Crippen molar-refractivity contribution in [2.45, 2.75) is 13.3 Å². The van der Waals surface area contributed by atoms with Crippen LogP contribution in [0.15, 0.2) is 36.4 Å². The van der Waals surface area contributed by atoms with Gasteiger partial charge in [0.2, 0.25) is 0 Å². The van der Waals surface area contributed by atoms with Crippen LogP contribution in [-0.2, 0) is 0 Å². The second-order valence-electron chi connectivity index (χ2n) is 3.46. The van der Waals surface area contributed by atoms with E-state index in [1.54, 1.807) is 5.01 Å². The Morgan fingerprint density at radius 1 is 1.43 bits per heavy atom. The lowest BCUT2D eigenvalue weighted by Gasteiger charge is -2.20. The molecule has 0 aromatic heterocycles. The van der Waals surface area contributed by atoms with Gasteiger partial charge in [-0.05, 0) is 25.5 Å². The number of anilines is 2. The van der Waals surface area contributed by atoms with Crippen LogP contribution in [0.1, 0.15) is 13.3 Å². The summed E-state index contributed by atoms with van der Waals surface area (Å²) in [6.07, 6.45) is 0.880. The van der Waals surface area contributed by atoms with Gasteiger partial charge >= 0.3 is 0 Å². The third-order valence-corrected chi connectivity index (χ3v) is 2.03. The Kier molecular flexibility index (Phi) is 3.54. The maximum atomic E-state index is 5.86. The predicted molar refractivity (Wildman–Crippen MR) is 61.8 cm³/mol. The molecule has 0 unspecified atom stereocenters. The zero-order valence-corrected chi connectivity index (χ0v) is 8.53. The van der Waals surface area contributed by atoms with E-state index in [9.17, 15) is 0 Å². The molecule has 4 N–H and O–H groups in total. The molecule has 0 radical (unpaired) electrons. The Morgan fingerprint density at radius 2 is 2.07 bits per heavy atom. The average Bonchev–Trinajstić information content (AvgIpc) is 2.15. The van der Waals surface area contributed by atoms with Gasteiger partial charge in [-0.2, -0.15) is 0 Å². The highest BCUT2D eigenvalue weighted by Gasteiger charge is 2.03. The van der Waals surface area contributed by atoms with Gasteiger partial charge in [-0.15, -0.1) is 6.58 Å². The van der Waals surface area contributed by atoms with Gasteiger partial charge in [-0.3, -0.25) is 0 Å². The van der Waals surface area contributed by atoms with Crippen LogP contribution >= 0.6 is 0 Å². The Balaban J connectivity index is 2.65. The first-order valence-electron chi connectivity index (χ1n) is 4.62. The Morgan fingerprint density at radius 3 is 2.64 bits per heavy atom. The number of rotatable bonds is 4. The van der Waals surface area contributed by atoms with E-state index in [-0.39, 0.29) is 0 Å². The molecule has 3 nitrogen and oxygen atoms in total. The van der Waals surface area contributed by atoms with Crippen molar-refractivity contribution in [3.05, 3.63) is 36.4 Å². The van der Waals surface area contributed by atoms with E-state index in [0.717, 1.165) is 24.2 Å². The van der Waals surface area contributed by atoms with E-state index in [2.05, 4.69) is 6.58 Å². The third kappa shape index (κ3) is 2.78. The molecule has 0 bridgehead atoms. The van der Waals surface area contributed by atoms with Crippen LogP contribution in [0.5, 0.6) is 0 Å². The number of hydrogen-bond acceptors (Lipinski definition) is 3. The lowest BCUT2D eigenvalue weighted by molar-refractivity contribution is 0.820. The third-order valence-electron chi connectivity index (χ3n) is 2.03. The van der Waals surface area contributed by atoms with Crippen molar-refractivity contribution < 1.29 is 0 Å². The van der Waals surface area contributed by atoms with Crippen molar-refractivity contribution >= 4 is 11.4 Å². The van der Waals surface area contributed by atoms with Crippen LogP contribution in [0.3, 0.4) is 0 Å². The molecule has 0 aliphatic carbocycles. The number of benzene rings is 1. The van der Waals surface area contributed by atoms with E-state index in [4.69, 9.17) is 11.6 Å². The van der Waals surface area contributed by atoms with Crippen LogP contribution in [-0.4, -0.2) is 6.54 Å². The number of hydrazine groups is 1. The molecule has 0 aliphatic rings. The van der Waals surface area contributed by atoms with Gasteiger partial charge in [-0.1, -0.05) is 17.7 Å². The largest absolute Gasteiger partial charge is 0.397 e. The molecule has 0 amide bonds. The smallest absolute Gasteiger partial charge is 0.0746 e. The van der Waals surface area contributed by atoms with Crippen molar-refractivity contribution in [2.24, 2.45) is 5.84 Å². The van der Waals surface area contributed by atoms with Crippen molar-refractivity contribution in [3.8, 4) is 0 Å². The number of nitrogens with zero attached hydrogens (tertiary/aromatic N) is 1. The molecule has 14 heavy (non-hydrogen) atoms. The maximum Gasteiger partial charge on any atom is 0.0746 e.